The molecule has 0 amide bonds. The summed E-state index contributed by atoms with van der Waals surface area (Å²) in [7, 11) is -1.74. The Bertz CT molecular complexity index is 449. The summed E-state index contributed by atoms with van der Waals surface area (Å²) in [5.41, 5.74) is 0.822. The zero-order valence-corrected chi connectivity index (χ0v) is 13.5. The maximum atomic E-state index is 9.89. The van der Waals surface area contributed by atoms with E-state index in [9.17, 15) is 5.11 Å². The van der Waals surface area contributed by atoms with Crippen molar-refractivity contribution in [3.63, 3.8) is 0 Å². The molecule has 1 aromatic carbocycles. The van der Waals surface area contributed by atoms with E-state index >= 15 is 0 Å². The van der Waals surface area contributed by atoms with Crippen LogP contribution in [0.3, 0.4) is 0 Å². The van der Waals surface area contributed by atoms with Gasteiger partial charge in [-0.2, -0.15) is 0 Å². The van der Waals surface area contributed by atoms with Crippen molar-refractivity contribution in [2.24, 2.45) is 0 Å². The molecule has 0 fully saturated rings. The molecule has 0 spiro atoms. The second-order valence-corrected chi connectivity index (χ2v) is 11.0. The van der Waals surface area contributed by atoms with Gasteiger partial charge in [-0.05, 0) is 23.7 Å². The van der Waals surface area contributed by atoms with Gasteiger partial charge in [0.1, 0.15) is 6.10 Å². The molecule has 0 aliphatic heterocycles. The van der Waals surface area contributed by atoms with E-state index in [-0.39, 0.29) is 5.04 Å². The summed E-state index contributed by atoms with van der Waals surface area (Å²) >= 11 is 0. The van der Waals surface area contributed by atoms with Crippen LogP contribution in [0, 0.1) is 11.8 Å². The SMILES string of the molecule is CC(C)(C)[Si](C)(C)OCC#CC(O)c1ccccc1. The maximum absolute atomic E-state index is 9.89. The van der Waals surface area contributed by atoms with Crippen LogP contribution >= 0.6 is 0 Å². The van der Waals surface area contributed by atoms with E-state index in [1.165, 1.54) is 0 Å². The number of aliphatic hydroxyl groups excluding tert-OH is 1. The van der Waals surface area contributed by atoms with Crippen LogP contribution in [0.1, 0.15) is 32.4 Å². The lowest BCUT2D eigenvalue weighted by Gasteiger charge is -2.35. The molecule has 0 saturated carbocycles. The molecule has 1 atom stereocenters. The van der Waals surface area contributed by atoms with Gasteiger partial charge >= 0.3 is 0 Å². The fourth-order valence-corrected chi connectivity index (χ4v) is 2.16. The third-order valence-electron chi connectivity index (χ3n) is 3.67. The molecular formula is C16H24O2Si. The summed E-state index contributed by atoms with van der Waals surface area (Å²) in [6, 6.07) is 9.45. The first-order valence-corrected chi connectivity index (χ1v) is 9.50. The lowest BCUT2D eigenvalue weighted by molar-refractivity contribution is 0.237. The lowest BCUT2D eigenvalue weighted by Crippen LogP contribution is -2.40. The fraction of sp³-hybridized carbons (Fsp3) is 0.500. The molecule has 0 saturated heterocycles. The van der Waals surface area contributed by atoms with E-state index in [0.29, 0.717) is 6.61 Å². The van der Waals surface area contributed by atoms with E-state index in [0.717, 1.165) is 5.56 Å². The quantitative estimate of drug-likeness (QED) is 0.673. The maximum Gasteiger partial charge on any atom is 0.193 e. The van der Waals surface area contributed by atoms with Gasteiger partial charge < -0.3 is 9.53 Å². The van der Waals surface area contributed by atoms with Crippen LogP contribution in [-0.4, -0.2) is 20.0 Å². The van der Waals surface area contributed by atoms with Crippen molar-refractivity contribution in [2.75, 3.05) is 6.61 Å². The van der Waals surface area contributed by atoms with Crippen molar-refractivity contribution in [2.45, 2.75) is 45.0 Å². The summed E-state index contributed by atoms with van der Waals surface area (Å²) in [5, 5.41) is 10.1. The number of rotatable bonds is 3. The van der Waals surface area contributed by atoms with Crippen molar-refractivity contribution in [1.29, 1.82) is 0 Å². The molecule has 1 unspecified atom stereocenters. The second-order valence-electron chi connectivity index (χ2n) is 6.18. The van der Waals surface area contributed by atoms with E-state index in [1.54, 1.807) is 0 Å². The fourth-order valence-electron chi connectivity index (χ4n) is 1.29. The Morgan fingerprint density at radius 3 is 2.32 bits per heavy atom. The molecule has 2 nitrogen and oxygen atoms in total. The van der Waals surface area contributed by atoms with Gasteiger partial charge in [-0.1, -0.05) is 62.9 Å². The van der Waals surface area contributed by atoms with Crippen LogP contribution in [0.25, 0.3) is 0 Å². The van der Waals surface area contributed by atoms with Crippen LogP contribution in [0.2, 0.25) is 18.1 Å². The first kappa shape index (κ1) is 16.0. The number of aliphatic hydroxyl groups is 1. The van der Waals surface area contributed by atoms with Crippen molar-refractivity contribution >= 4 is 8.32 Å². The Morgan fingerprint density at radius 1 is 1.21 bits per heavy atom. The zero-order chi connectivity index (χ0) is 14.5. The Morgan fingerprint density at radius 2 is 1.79 bits per heavy atom. The summed E-state index contributed by atoms with van der Waals surface area (Å²) in [5.74, 6) is 5.75. The van der Waals surface area contributed by atoms with Gasteiger partial charge in [0.25, 0.3) is 0 Å². The van der Waals surface area contributed by atoms with Gasteiger partial charge in [0, 0.05) is 0 Å². The predicted octanol–water partition coefficient (Wildman–Crippen LogP) is 3.75. The highest BCUT2D eigenvalue weighted by Crippen LogP contribution is 2.36. The second kappa shape index (κ2) is 6.38. The normalized spacial score (nSPS) is 13.6. The molecule has 1 N–H and O–H groups in total. The molecule has 19 heavy (non-hydrogen) atoms. The number of hydrogen-bond donors (Lipinski definition) is 1. The number of hydrogen-bond acceptors (Lipinski definition) is 2. The van der Waals surface area contributed by atoms with Crippen LogP contribution in [0.15, 0.2) is 30.3 Å². The van der Waals surface area contributed by atoms with Crippen molar-refractivity contribution in [3.8, 4) is 11.8 Å². The monoisotopic (exact) mass is 276 g/mol. The Balaban J connectivity index is 2.53. The van der Waals surface area contributed by atoms with Crippen LogP contribution in [-0.2, 0) is 4.43 Å². The van der Waals surface area contributed by atoms with Gasteiger partial charge in [0.05, 0.1) is 6.61 Å². The highest BCUT2D eigenvalue weighted by atomic mass is 28.4. The third-order valence-corrected chi connectivity index (χ3v) is 8.14. The highest BCUT2D eigenvalue weighted by molar-refractivity contribution is 6.74. The molecule has 0 aromatic heterocycles. The first-order valence-electron chi connectivity index (χ1n) is 6.59. The van der Waals surface area contributed by atoms with Crippen molar-refractivity contribution in [1.82, 2.24) is 0 Å². The van der Waals surface area contributed by atoms with Gasteiger partial charge in [-0.15, -0.1) is 0 Å². The van der Waals surface area contributed by atoms with Gasteiger partial charge in [0.15, 0.2) is 8.32 Å². The molecule has 0 aliphatic carbocycles. The van der Waals surface area contributed by atoms with E-state index in [1.807, 2.05) is 30.3 Å². The minimum Gasteiger partial charge on any atom is -0.406 e. The smallest absolute Gasteiger partial charge is 0.193 e. The molecule has 104 valence electrons. The molecule has 0 heterocycles. The van der Waals surface area contributed by atoms with E-state index < -0.39 is 14.4 Å². The molecule has 0 aliphatic rings. The highest BCUT2D eigenvalue weighted by Gasteiger charge is 2.36. The van der Waals surface area contributed by atoms with Gasteiger partial charge in [-0.3, -0.25) is 0 Å². The topological polar surface area (TPSA) is 29.5 Å². The zero-order valence-electron chi connectivity index (χ0n) is 12.5. The van der Waals surface area contributed by atoms with Crippen LogP contribution in [0.5, 0.6) is 0 Å². The predicted molar refractivity (Wildman–Crippen MR) is 82.3 cm³/mol. The summed E-state index contributed by atoms with van der Waals surface area (Å²) < 4.78 is 5.93. The third kappa shape index (κ3) is 4.83. The minimum atomic E-state index is -1.74. The first-order chi connectivity index (χ1) is 8.74. The van der Waals surface area contributed by atoms with Gasteiger partial charge in [0.2, 0.25) is 0 Å². The van der Waals surface area contributed by atoms with E-state index in [4.69, 9.17) is 4.43 Å². The van der Waals surface area contributed by atoms with E-state index in [2.05, 4.69) is 45.7 Å². The Kier molecular flexibility index (Phi) is 5.36. The molecule has 3 heteroatoms. The Hall–Kier alpha value is -1.08. The average Bonchev–Trinajstić information content (AvgIpc) is 2.34. The number of benzene rings is 1. The summed E-state index contributed by atoms with van der Waals surface area (Å²) in [4.78, 5) is 0. The molecule has 0 radical (unpaired) electrons. The molecule has 0 bridgehead atoms. The minimum absolute atomic E-state index is 0.187. The largest absolute Gasteiger partial charge is 0.406 e. The van der Waals surface area contributed by atoms with Crippen LogP contribution < -0.4 is 0 Å². The summed E-state index contributed by atoms with van der Waals surface area (Å²) in [6.07, 6.45) is -0.732. The molecule has 1 rings (SSSR count). The molecular weight excluding hydrogens is 252 g/mol. The van der Waals surface area contributed by atoms with Gasteiger partial charge in [-0.25, -0.2) is 0 Å². The van der Waals surface area contributed by atoms with Crippen LogP contribution in [0.4, 0.5) is 0 Å². The Labute approximate surface area is 117 Å². The standard InChI is InChI=1S/C16H24O2Si/c1-16(2,3)19(4,5)18-13-9-12-15(17)14-10-7-6-8-11-14/h6-8,10-11,15,17H,13H2,1-5H3. The van der Waals surface area contributed by atoms with Crippen molar-refractivity contribution in [3.05, 3.63) is 35.9 Å². The summed E-state index contributed by atoms with van der Waals surface area (Å²) in [6.45, 7) is 11.4. The van der Waals surface area contributed by atoms with Crippen molar-refractivity contribution < 1.29 is 9.53 Å². The average molecular weight is 276 g/mol. The lowest BCUT2D eigenvalue weighted by atomic mass is 10.1. The molecule has 1 aromatic rings.